The van der Waals surface area contributed by atoms with Crippen molar-refractivity contribution in [1.29, 1.82) is 0 Å². The lowest BCUT2D eigenvalue weighted by Gasteiger charge is -2.34. The van der Waals surface area contributed by atoms with Crippen molar-refractivity contribution in [3.63, 3.8) is 0 Å². The third-order valence-electron chi connectivity index (χ3n) is 3.68. The second kappa shape index (κ2) is 7.08. The molecule has 0 radical (unpaired) electrons. The highest BCUT2D eigenvalue weighted by Gasteiger charge is 2.29. The van der Waals surface area contributed by atoms with Gasteiger partial charge in [0, 0.05) is 26.1 Å². The molecule has 0 aromatic heterocycles. The Kier molecular flexibility index (Phi) is 5.16. The van der Waals surface area contributed by atoms with E-state index in [0.717, 1.165) is 11.3 Å². The Morgan fingerprint density at radius 3 is 2.71 bits per heavy atom. The van der Waals surface area contributed by atoms with E-state index in [1.807, 2.05) is 24.3 Å². The second-order valence-electron chi connectivity index (χ2n) is 5.06. The summed E-state index contributed by atoms with van der Waals surface area (Å²) in [6.45, 7) is 1.65. The van der Waals surface area contributed by atoms with Crippen LogP contribution in [0.3, 0.4) is 0 Å². The Bertz CT molecular complexity index is 501. The minimum atomic E-state index is -0.540. The van der Waals surface area contributed by atoms with Gasteiger partial charge in [-0.2, -0.15) is 0 Å². The molecule has 2 amide bonds. The van der Waals surface area contributed by atoms with E-state index in [0.29, 0.717) is 32.5 Å². The summed E-state index contributed by atoms with van der Waals surface area (Å²) < 4.78 is 5.10. The van der Waals surface area contributed by atoms with Gasteiger partial charge in [-0.1, -0.05) is 12.1 Å². The van der Waals surface area contributed by atoms with Crippen molar-refractivity contribution in [3.05, 3.63) is 29.8 Å². The topological polar surface area (TPSA) is 84.7 Å². The Balaban J connectivity index is 1.91. The maximum Gasteiger partial charge on any atom is 0.241 e. The average molecular weight is 291 g/mol. The number of carbonyl (C=O) groups excluding carboxylic acids is 2. The Hall–Kier alpha value is -2.08. The summed E-state index contributed by atoms with van der Waals surface area (Å²) in [5.74, 6) is 0.303. The van der Waals surface area contributed by atoms with Gasteiger partial charge in [0.05, 0.1) is 7.11 Å². The van der Waals surface area contributed by atoms with E-state index in [9.17, 15) is 9.59 Å². The van der Waals surface area contributed by atoms with Gasteiger partial charge in [-0.3, -0.25) is 9.59 Å². The van der Waals surface area contributed by atoms with Gasteiger partial charge in [0.25, 0.3) is 0 Å². The van der Waals surface area contributed by atoms with Crippen LogP contribution in [-0.2, 0) is 16.0 Å². The van der Waals surface area contributed by atoms with Gasteiger partial charge in [-0.25, -0.2) is 0 Å². The van der Waals surface area contributed by atoms with Crippen LogP contribution < -0.4 is 15.8 Å². The molecule has 1 aliphatic rings. The smallest absolute Gasteiger partial charge is 0.241 e. The van der Waals surface area contributed by atoms with Crippen LogP contribution in [0.5, 0.6) is 5.75 Å². The van der Waals surface area contributed by atoms with Gasteiger partial charge in [-0.05, 0) is 24.1 Å². The fourth-order valence-corrected chi connectivity index (χ4v) is 2.44. The number of nitrogens with zero attached hydrogens (tertiary/aromatic N) is 1. The van der Waals surface area contributed by atoms with Crippen molar-refractivity contribution in [2.75, 3.05) is 26.7 Å². The third-order valence-corrected chi connectivity index (χ3v) is 3.68. The number of methoxy groups -OCH3 is 1. The SMILES string of the molecule is COc1ccc(CCC(=O)N2CCNCC2C(N)=O)cc1. The molecule has 1 atom stereocenters. The molecule has 0 aliphatic carbocycles. The van der Waals surface area contributed by atoms with E-state index in [1.54, 1.807) is 12.0 Å². The first kappa shape index (κ1) is 15.3. The highest BCUT2D eigenvalue weighted by molar-refractivity contribution is 5.87. The molecule has 6 nitrogen and oxygen atoms in total. The van der Waals surface area contributed by atoms with Gasteiger partial charge < -0.3 is 20.7 Å². The fourth-order valence-electron chi connectivity index (χ4n) is 2.44. The van der Waals surface area contributed by atoms with Crippen molar-refractivity contribution >= 4 is 11.8 Å². The number of amides is 2. The lowest BCUT2D eigenvalue weighted by atomic mass is 10.1. The van der Waals surface area contributed by atoms with Crippen molar-refractivity contribution in [2.24, 2.45) is 5.73 Å². The molecule has 3 N–H and O–H groups in total. The lowest BCUT2D eigenvalue weighted by Crippen LogP contribution is -2.58. The molecule has 6 heteroatoms. The number of hydrogen-bond acceptors (Lipinski definition) is 4. The minimum absolute atomic E-state index is 0.0314. The van der Waals surface area contributed by atoms with Crippen LogP contribution in [0.4, 0.5) is 0 Å². The molecule has 1 unspecified atom stereocenters. The Morgan fingerprint density at radius 1 is 1.38 bits per heavy atom. The summed E-state index contributed by atoms with van der Waals surface area (Å²) in [5, 5.41) is 3.08. The van der Waals surface area contributed by atoms with E-state index in [1.165, 1.54) is 0 Å². The number of aryl methyl sites for hydroxylation is 1. The van der Waals surface area contributed by atoms with Gasteiger partial charge in [0.1, 0.15) is 11.8 Å². The number of ether oxygens (including phenoxy) is 1. The third kappa shape index (κ3) is 3.95. The van der Waals surface area contributed by atoms with E-state index >= 15 is 0 Å². The highest BCUT2D eigenvalue weighted by atomic mass is 16.5. The molecule has 0 bridgehead atoms. The molecule has 114 valence electrons. The molecule has 1 saturated heterocycles. The number of nitrogens with one attached hydrogen (secondary N) is 1. The number of carbonyl (C=O) groups is 2. The summed E-state index contributed by atoms with van der Waals surface area (Å²) in [4.78, 5) is 25.2. The standard InChI is InChI=1S/C15H21N3O3/c1-21-12-5-2-11(3-6-12)4-7-14(19)18-9-8-17-10-13(18)15(16)20/h2-3,5-6,13,17H,4,7-10H2,1H3,(H2,16,20). The zero-order valence-corrected chi connectivity index (χ0v) is 12.2. The van der Waals surface area contributed by atoms with Crippen LogP contribution in [0, 0.1) is 0 Å². The van der Waals surface area contributed by atoms with Crippen LogP contribution in [-0.4, -0.2) is 49.5 Å². The number of primary amides is 1. The number of piperazine rings is 1. The highest BCUT2D eigenvalue weighted by Crippen LogP contribution is 2.14. The van der Waals surface area contributed by atoms with Gasteiger partial charge in [0.2, 0.25) is 11.8 Å². The average Bonchev–Trinajstić information content (AvgIpc) is 2.53. The number of rotatable bonds is 5. The minimum Gasteiger partial charge on any atom is -0.497 e. The molecule has 1 aromatic carbocycles. The Labute approximate surface area is 124 Å². The van der Waals surface area contributed by atoms with E-state index in [2.05, 4.69) is 5.32 Å². The second-order valence-corrected chi connectivity index (χ2v) is 5.06. The Morgan fingerprint density at radius 2 is 2.10 bits per heavy atom. The van der Waals surface area contributed by atoms with Gasteiger partial charge in [-0.15, -0.1) is 0 Å². The molecular formula is C15H21N3O3. The molecule has 1 aliphatic heterocycles. The molecular weight excluding hydrogens is 270 g/mol. The van der Waals surface area contributed by atoms with Crippen molar-refractivity contribution < 1.29 is 14.3 Å². The van der Waals surface area contributed by atoms with Gasteiger partial charge >= 0.3 is 0 Å². The first-order chi connectivity index (χ1) is 10.1. The number of nitrogens with two attached hydrogens (primary N) is 1. The largest absolute Gasteiger partial charge is 0.497 e. The summed E-state index contributed by atoms with van der Waals surface area (Å²) >= 11 is 0. The fraction of sp³-hybridized carbons (Fsp3) is 0.467. The summed E-state index contributed by atoms with van der Waals surface area (Å²) in [6, 6.07) is 7.08. The zero-order chi connectivity index (χ0) is 15.2. The molecule has 2 rings (SSSR count). The maximum absolute atomic E-state index is 12.3. The van der Waals surface area contributed by atoms with E-state index in [4.69, 9.17) is 10.5 Å². The van der Waals surface area contributed by atoms with Crippen molar-refractivity contribution in [2.45, 2.75) is 18.9 Å². The maximum atomic E-state index is 12.3. The van der Waals surface area contributed by atoms with Crippen LogP contribution >= 0.6 is 0 Å². The predicted molar refractivity (Wildman–Crippen MR) is 78.9 cm³/mol. The summed E-state index contributed by atoms with van der Waals surface area (Å²) in [7, 11) is 1.62. The van der Waals surface area contributed by atoms with Crippen LogP contribution in [0.1, 0.15) is 12.0 Å². The molecule has 0 saturated carbocycles. The first-order valence-electron chi connectivity index (χ1n) is 7.04. The molecule has 0 spiro atoms. The van der Waals surface area contributed by atoms with Crippen molar-refractivity contribution in [1.82, 2.24) is 10.2 Å². The zero-order valence-electron chi connectivity index (χ0n) is 12.2. The van der Waals surface area contributed by atoms with Crippen LogP contribution in [0.2, 0.25) is 0 Å². The molecule has 21 heavy (non-hydrogen) atoms. The van der Waals surface area contributed by atoms with E-state index in [-0.39, 0.29) is 5.91 Å². The summed E-state index contributed by atoms with van der Waals surface area (Å²) in [6.07, 6.45) is 1.01. The quantitative estimate of drug-likeness (QED) is 0.794. The number of hydrogen-bond donors (Lipinski definition) is 2. The molecule has 1 fully saturated rings. The van der Waals surface area contributed by atoms with Crippen LogP contribution in [0.15, 0.2) is 24.3 Å². The lowest BCUT2D eigenvalue weighted by molar-refractivity contribution is -0.140. The predicted octanol–water partition coefficient (Wildman–Crippen LogP) is -0.0865. The molecule has 1 heterocycles. The molecule has 1 aromatic rings. The van der Waals surface area contributed by atoms with E-state index < -0.39 is 11.9 Å². The monoisotopic (exact) mass is 291 g/mol. The number of benzene rings is 1. The van der Waals surface area contributed by atoms with Crippen molar-refractivity contribution in [3.8, 4) is 5.75 Å². The van der Waals surface area contributed by atoms with Crippen LogP contribution in [0.25, 0.3) is 0 Å². The normalized spacial score (nSPS) is 18.3. The summed E-state index contributed by atoms with van der Waals surface area (Å²) in [5.41, 5.74) is 6.41. The van der Waals surface area contributed by atoms with Gasteiger partial charge in [0.15, 0.2) is 0 Å². The first-order valence-corrected chi connectivity index (χ1v) is 7.04.